The number of aliphatic hydroxyl groups excluding tert-OH is 1. The van der Waals surface area contributed by atoms with Crippen molar-refractivity contribution in [3.8, 4) is 5.75 Å². The molecule has 1 aromatic carbocycles. The highest BCUT2D eigenvalue weighted by molar-refractivity contribution is 7.14. The molecule has 4 rings (SSSR count). The lowest BCUT2D eigenvalue weighted by Gasteiger charge is -2.31. The zero-order chi connectivity index (χ0) is 22.8. The van der Waals surface area contributed by atoms with Gasteiger partial charge < -0.3 is 19.5 Å². The van der Waals surface area contributed by atoms with E-state index in [0.717, 1.165) is 23.7 Å². The number of morpholine rings is 1. The Bertz CT molecular complexity index is 1040. The number of benzene rings is 1. The third kappa shape index (κ3) is 4.28. The van der Waals surface area contributed by atoms with Crippen LogP contribution in [-0.4, -0.2) is 78.1 Å². The third-order valence-electron chi connectivity index (χ3n) is 5.85. The zero-order valence-electron chi connectivity index (χ0n) is 18.5. The minimum absolute atomic E-state index is 0.105. The predicted molar refractivity (Wildman–Crippen MR) is 120 cm³/mol. The van der Waals surface area contributed by atoms with Crippen molar-refractivity contribution >= 4 is 23.0 Å². The molecule has 2 aromatic rings. The van der Waals surface area contributed by atoms with Crippen molar-refractivity contribution in [2.24, 2.45) is 0 Å². The van der Waals surface area contributed by atoms with E-state index >= 15 is 0 Å². The van der Waals surface area contributed by atoms with Gasteiger partial charge in [-0.1, -0.05) is 12.1 Å². The van der Waals surface area contributed by atoms with Gasteiger partial charge in [0.15, 0.2) is 5.76 Å². The molecule has 170 valence electrons. The van der Waals surface area contributed by atoms with Gasteiger partial charge in [0, 0.05) is 26.2 Å². The summed E-state index contributed by atoms with van der Waals surface area (Å²) >= 11 is 1.28. The number of carbonyl (C=O) groups is 2. The maximum absolute atomic E-state index is 13.5. The largest absolute Gasteiger partial charge is 0.503 e. The number of amides is 1. The van der Waals surface area contributed by atoms with E-state index < -0.39 is 17.7 Å². The van der Waals surface area contributed by atoms with Crippen LogP contribution in [0.1, 0.15) is 32.0 Å². The number of aromatic nitrogens is 1. The van der Waals surface area contributed by atoms with Gasteiger partial charge in [0.2, 0.25) is 5.78 Å². The third-order valence-corrected chi connectivity index (χ3v) is 6.92. The molecular weight excluding hydrogens is 430 g/mol. The molecule has 0 radical (unpaired) electrons. The Balaban J connectivity index is 1.69. The van der Waals surface area contributed by atoms with Gasteiger partial charge in [0.1, 0.15) is 5.75 Å². The summed E-state index contributed by atoms with van der Waals surface area (Å²) in [6.45, 7) is 7.52. The second-order valence-corrected chi connectivity index (χ2v) is 9.07. The number of rotatable bonds is 7. The molecule has 9 heteroatoms. The standard InChI is InChI=1S/C23H27N3O5S/c1-14-22(32-15(2)24-14)20(27)18-19(16-4-6-17(30-3)7-5-16)26(23(29)21(18)28)9-8-25-10-12-31-13-11-25/h4-7,19,28H,8-13H2,1-3H3/t19-/m1/s1. The lowest BCUT2D eigenvalue weighted by atomic mass is 9.95. The minimum Gasteiger partial charge on any atom is -0.503 e. The van der Waals surface area contributed by atoms with Crippen LogP contribution in [0.5, 0.6) is 5.75 Å². The van der Waals surface area contributed by atoms with Crippen molar-refractivity contribution in [1.82, 2.24) is 14.8 Å². The zero-order valence-corrected chi connectivity index (χ0v) is 19.3. The molecule has 1 aromatic heterocycles. The van der Waals surface area contributed by atoms with Crippen LogP contribution in [0, 0.1) is 13.8 Å². The summed E-state index contributed by atoms with van der Waals surface area (Å²) in [5, 5.41) is 11.6. The van der Waals surface area contributed by atoms with Crippen LogP contribution >= 0.6 is 11.3 Å². The summed E-state index contributed by atoms with van der Waals surface area (Å²) in [6.07, 6.45) is 0. The van der Waals surface area contributed by atoms with Crippen molar-refractivity contribution < 1.29 is 24.2 Å². The quantitative estimate of drug-likeness (QED) is 0.639. The van der Waals surface area contributed by atoms with E-state index in [1.54, 1.807) is 31.1 Å². The van der Waals surface area contributed by atoms with Gasteiger partial charge in [-0.2, -0.15) is 0 Å². The lowest BCUT2D eigenvalue weighted by Crippen LogP contribution is -2.43. The van der Waals surface area contributed by atoms with E-state index in [9.17, 15) is 14.7 Å². The molecule has 1 atom stereocenters. The van der Waals surface area contributed by atoms with Crippen LogP contribution < -0.4 is 4.74 Å². The highest BCUT2D eigenvalue weighted by Gasteiger charge is 2.44. The normalized spacial score (nSPS) is 19.7. The van der Waals surface area contributed by atoms with Gasteiger partial charge in [-0.15, -0.1) is 11.3 Å². The van der Waals surface area contributed by atoms with Gasteiger partial charge in [-0.3, -0.25) is 14.5 Å². The molecule has 0 bridgehead atoms. The number of hydrogen-bond donors (Lipinski definition) is 1. The Morgan fingerprint density at radius 1 is 1.22 bits per heavy atom. The Hall–Kier alpha value is -2.75. The van der Waals surface area contributed by atoms with Crippen LogP contribution in [-0.2, 0) is 9.53 Å². The second-order valence-electron chi connectivity index (χ2n) is 7.87. The number of carbonyl (C=O) groups excluding carboxylic acids is 2. The molecule has 2 aliphatic rings. The van der Waals surface area contributed by atoms with Crippen molar-refractivity contribution in [1.29, 1.82) is 0 Å². The number of thiazole rings is 1. The van der Waals surface area contributed by atoms with Gasteiger partial charge in [0.05, 0.1) is 47.5 Å². The molecule has 1 amide bonds. The van der Waals surface area contributed by atoms with Gasteiger partial charge in [-0.05, 0) is 31.5 Å². The SMILES string of the molecule is COc1ccc([C@@H]2C(C(=O)c3sc(C)nc3C)=C(O)C(=O)N2CCN2CCOCC2)cc1. The highest BCUT2D eigenvalue weighted by Crippen LogP contribution is 2.40. The van der Waals surface area contributed by atoms with Crippen molar-refractivity contribution in [3.63, 3.8) is 0 Å². The summed E-state index contributed by atoms with van der Waals surface area (Å²) in [6, 6.07) is 6.56. The first-order chi connectivity index (χ1) is 15.4. The number of aryl methyl sites for hydroxylation is 2. The number of ketones is 1. The topological polar surface area (TPSA) is 92.2 Å². The lowest BCUT2D eigenvalue weighted by molar-refractivity contribution is -0.129. The van der Waals surface area contributed by atoms with E-state index in [4.69, 9.17) is 9.47 Å². The van der Waals surface area contributed by atoms with Gasteiger partial charge in [0.25, 0.3) is 5.91 Å². The maximum atomic E-state index is 13.5. The fourth-order valence-corrected chi connectivity index (χ4v) is 5.06. The molecule has 1 N–H and O–H groups in total. The van der Waals surface area contributed by atoms with Crippen LogP contribution in [0.25, 0.3) is 0 Å². The fraction of sp³-hybridized carbons (Fsp3) is 0.435. The van der Waals surface area contributed by atoms with Gasteiger partial charge >= 0.3 is 0 Å². The number of methoxy groups -OCH3 is 1. The fourth-order valence-electron chi connectivity index (χ4n) is 4.19. The van der Waals surface area contributed by atoms with E-state index in [1.807, 2.05) is 19.1 Å². The first-order valence-electron chi connectivity index (χ1n) is 10.6. The van der Waals surface area contributed by atoms with Crippen LogP contribution in [0.15, 0.2) is 35.6 Å². The number of Topliss-reactive ketones (excluding diaryl/α,β-unsaturated/α-hetero) is 1. The number of hydrogen-bond acceptors (Lipinski definition) is 8. The van der Waals surface area contributed by atoms with E-state index in [0.29, 0.717) is 42.6 Å². The molecular formula is C23H27N3O5S. The molecule has 8 nitrogen and oxygen atoms in total. The maximum Gasteiger partial charge on any atom is 0.290 e. The van der Waals surface area contributed by atoms with Crippen LogP contribution in [0.4, 0.5) is 0 Å². The molecule has 0 aliphatic carbocycles. The molecule has 3 heterocycles. The van der Waals surface area contributed by atoms with E-state index in [-0.39, 0.29) is 11.4 Å². The summed E-state index contributed by atoms with van der Waals surface area (Å²) in [4.78, 5) is 35.2. The Morgan fingerprint density at radius 3 is 2.50 bits per heavy atom. The van der Waals surface area contributed by atoms with E-state index in [2.05, 4.69) is 9.88 Å². The molecule has 1 fully saturated rings. The van der Waals surface area contributed by atoms with Crippen LogP contribution in [0.3, 0.4) is 0 Å². The molecule has 0 saturated carbocycles. The molecule has 0 spiro atoms. The summed E-state index contributed by atoms with van der Waals surface area (Å²) in [5.74, 6) is -0.689. The van der Waals surface area contributed by atoms with Gasteiger partial charge in [-0.25, -0.2) is 4.98 Å². The smallest absolute Gasteiger partial charge is 0.290 e. The Kier molecular flexibility index (Phi) is 6.59. The minimum atomic E-state index is -0.677. The Morgan fingerprint density at radius 2 is 1.91 bits per heavy atom. The summed E-state index contributed by atoms with van der Waals surface area (Å²) in [7, 11) is 1.58. The molecule has 0 unspecified atom stereocenters. The van der Waals surface area contributed by atoms with Crippen molar-refractivity contribution in [2.75, 3.05) is 46.5 Å². The molecule has 1 saturated heterocycles. The number of nitrogens with zero attached hydrogens (tertiary/aromatic N) is 3. The monoisotopic (exact) mass is 457 g/mol. The van der Waals surface area contributed by atoms with E-state index in [1.165, 1.54) is 11.3 Å². The molecule has 32 heavy (non-hydrogen) atoms. The number of aliphatic hydroxyl groups is 1. The van der Waals surface area contributed by atoms with Crippen molar-refractivity contribution in [3.05, 3.63) is 56.7 Å². The average Bonchev–Trinajstić information content (AvgIpc) is 3.28. The highest BCUT2D eigenvalue weighted by atomic mass is 32.1. The first kappa shape index (κ1) is 22.4. The number of ether oxygens (including phenoxy) is 2. The summed E-state index contributed by atoms with van der Waals surface area (Å²) in [5.41, 5.74) is 1.45. The predicted octanol–water partition coefficient (Wildman–Crippen LogP) is 2.68. The van der Waals surface area contributed by atoms with Crippen molar-refractivity contribution in [2.45, 2.75) is 19.9 Å². The molecule has 2 aliphatic heterocycles. The second kappa shape index (κ2) is 9.40. The Labute approximate surface area is 191 Å². The average molecular weight is 458 g/mol. The van der Waals surface area contributed by atoms with Crippen LogP contribution in [0.2, 0.25) is 0 Å². The summed E-state index contributed by atoms with van der Waals surface area (Å²) < 4.78 is 10.7. The first-order valence-corrected chi connectivity index (χ1v) is 11.4.